The van der Waals surface area contributed by atoms with Gasteiger partial charge >= 0.3 is 0 Å². The largest absolute Gasteiger partial charge is 0.481 e. The number of hydrogen-bond acceptors (Lipinski definition) is 4. The van der Waals surface area contributed by atoms with Gasteiger partial charge in [0.25, 0.3) is 0 Å². The number of pyridine rings is 1. The Bertz CT molecular complexity index is 531. The first kappa shape index (κ1) is 11.2. The van der Waals surface area contributed by atoms with E-state index in [0.717, 1.165) is 0 Å². The molecule has 4 nitrogen and oxygen atoms in total. The molecule has 0 bridgehead atoms. The number of nitrogens with zero attached hydrogens (tertiary/aromatic N) is 1. The van der Waals surface area contributed by atoms with E-state index in [9.17, 15) is 4.39 Å². The molecular weight excluding hydrogens is 221 g/mol. The number of aromatic nitrogens is 1. The standard InChI is InChI=1S/C12H12FN3O/c1-17-12-6-11(10(14)7-15-12)16-9-4-2-3-8(13)5-9/h2-7H,14H2,1H3,(H,15,16). The SMILES string of the molecule is COc1cc(Nc2cccc(F)c2)c(N)cn1. The summed E-state index contributed by atoms with van der Waals surface area (Å²) in [6, 6.07) is 7.77. The van der Waals surface area contributed by atoms with E-state index >= 15 is 0 Å². The van der Waals surface area contributed by atoms with Crippen LogP contribution in [0.2, 0.25) is 0 Å². The van der Waals surface area contributed by atoms with Crippen LogP contribution in [0.15, 0.2) is 36.5 Å². The summed E-state index contributed by atoms with van der Waals surface area (Å²) < 4.78 is 18.0. The second kappa shape index (κ2) is 4.69. The second-order valence-corrected chi connectivity index (χ2v) is 3.45. The lowest BCUT2D eigenvalue weighted by molar-refractivity contribution is 0.398. The smallest absolute Gasteiger partial charge is 0.215 e. The van der Waals surface area contributed by atoms with Crippen LogP contribution in [-0.2, 0) is 0 Å². The van der Waals surface area contributed by atoms with Crippen LogP contribution in [0.3, 0.4) is 0 Å². The number of ether oxygens (including phenoxy) is 1. The maximum atomic E-state index is 13.0. The van der Waals surface area contributed by atoms with E-state index in [1.54, 1.807) is 18.2 Å². The Labute approximate surface area is 98.2 Å². The van der Waals surface area contributed by atoms with Crippen LogP contribution in [0, 0.1) is 5.82 Å². The number of nitrogens with one attached hydrogen (secondary N) is 1. The predicted octanol–water partition coefficient (Wildman–Crippen LogP) is 2.56. The first-order valence-electron chi connectivity index (χ1n) is 5.01. The van der Waals surface area contributed by atoms with Crippen molar-refractivity contribution in [3.63, 3.8) is 0 Å². The third-order valence-electron chi connectivity index (χ3n) is 2.22. The first-order chi connectivity index (χ1) is 8.19. The lowest BCUT2D eigenvalue weighted by Gasteiger charge is -2.10. The molecular formula is C12H12FN3O. The van der Waals surface area contributed by atoms with Crippen LogP contribution in [0.25, 0.3) is 0 Å². The fourth-order valence-electron chi connectivity index (χ4n) is 1.39. The van der Waals surface area contributed by atoms with E-state index < -0.39 is 0 Å². The molecule has 3 N–H and O–H groups in total. The Morgan fingerprint density at radius 1 is 1.35 bits per heavy atom. The summed E-state index contributed by atoms with van der Waals surface area (Å²) in [6.07, 6.45) is 1.49. The zero-order chi connectivity index (χ0) is 12.3. The second-order valence-electron chi connectivity index (χ2n) is 3.45. The molecule has 2 rings (SSSR count). The van der Waals surface area contributed by atoms with Gasteiger partial charge in [0.05, 0.1) is 24.7 Å². The predicted molar refractivity (Wildman–Crippen MR) is 64.9 cm³/mol. The molecule has 0 spiro atoms. The molecule has 0 radical (unpaired) electrons. The number of benzene rings is 1. The third-order valence-corrected chi connectivity index (χ3v) is 2.22. The van der Waals surface area contributed by atoms with Crippen molar-refractivity contribution in [1.82, 2.24) is 4.98 Å². The molecule has 17 heavy (non-hydrogen) atoms. The fourth-order valence-corrected chi connectivity index (χ4v) is 1.39. The highest BCUT2D eigenvalue weighted by molar-refractivity contribution is 5.72. The van der Waals surface area contributed by atoms with Gasteiger partial charge in [-0.3, -0.25) is 0 Å². The van der Waals surface area contributed by atoms with Crippen molar-refractivity contribution < 1.29 is 9.13 Å². The van der Waals surface area contributed by atoms with Crippen molar-refractivity contribution >= 4 is 17.1 Å². The molecule has 0 aliphatic carbocycles. The summed E-state index contributed by atoms with van der Waals surface area (Å²) in [4.78, 5) is 3.96. The topological polar surface area (TPSA) is 60.2 Å². The van der Waals surface area contributed by atoms with E-state index in [1.165, 1.54) is 25.4 Å². The van der Waals surface area contributed by atoms with Crippen LogP contribution in [0.1, 0.15) is 0 Å². The molecule has 0 aliphatic heterocycles. The van der Waals surface area contributed by atoms with Gasteiger partial charge in [-0.25, -0.2) is 9.37 Å². The van der Waals surface area contributed by atoms with E-state index in [0.29, 0.717) is 22.9 Å². The van der Waals surface area contributed by atoms with Gasteiger partial charge in [-0.1, -0.05) is 6.07 Å². The summed E-state index contributed by atoms with van der Waals surface area (Å²) in [6.45, 7) is 0. The number of nitrogens with two attached hydrogens (primary N) is 1. The lowest BCUT2D eigenvalue weighted by atomic mass is 10.2. The Hall–Kier alpha value is -2.30. The van der Waals surface area contributed by atoms with Crippen LogP contribution in [-0.4, -0.2) is 12.1 Å². The van der Waals surface area contributed by atoms with Gasteiger partial charge in [-0.05, 0) is 18.2 Å². The highest BCUT2D eigenvalue weighted by Crippen LogP contribution is 2.25. The van der Waals surface area contributed by atoms with Crippen molar-refractivity contribution in [3.05, 3.63) is 42.3 Å². The summed E-state index contributed by atoms with van der Waals surface area (Å²) in [5, 5.41) is 3.00. The normalized spacial score (nSPS) is 10.0. The molecule has 0 aliphatic rings. The minimum Gasteiger partial charge on any atom is -0.481 e. The highest BCUT2D eigenvalue weighted by atomic mass is 19.1. The minimum atomic E-state index is -0.311. The Morgan fingerprint density at radius 3 is 2.88 bits per heavy atom. The van der Waals surface area contributed by atoms with Gasteiger partial charge in [0.1, 0.15) is 5.82 Å². The molecule has 0 fully saturated rings. The molecule has 2 aromatic rings. The molecule has 5 heteroatoms. The molecule has 0 saturated carbocycles. The zero-order valence-electron chi connectivity index (χ0n) is 9.27. The van der Waals surface area contributed by atoms with Gasteiger partial charge in [-0.15, -0.1) is 0 Å². The van der Waals surface area contributed by atoms with Crippen LogP contribution >= 0.6 is 0 Å². The number of hydrogen-bond donors (Lipinski definition) is 2. The summed E-state index contributed by atoms with van der Waals surface area (Å²) in [5.41, 5.74) is 7.47. The zero-order valence-corrected chi connectivity index (χ0v) is 9.27. The van der Waals surface area contributed by atoms with Crippen molar-refractivity contribution in [3.8, 4) is 5.88 Å². The van der Waals surface area contributed by atoms with E-state index in [1.807, 2.05) is 0 Å². The monoisotopic (exact) mass is 233 g/mol. The molecule has 0 unspecified atom stereocenters. The quantitative estimate of drug-likeness (QED) is 0.855. The number of halogens is 1. The van der Waals surface area contributed by atoms with Crippen molar-refractivity contribution in [1.29, 1.82) is 0 Å². The van der Waals surface area contributed by atoms with Crippen LogP contribution < -0.4 is 15.8 Å². The number of nitrogen functional groups attached to an aromatic ring is 1. The molecule has 1 heterocycles. The molecule has 0 saturated heterocycles. The van der Waals surface area contributed by atoms with Crippen molar-refractivity contribution in [2.24, 2.45) is 0 Å². The summed E-state index contributed by atoms with van der Waals surface area (Å²) in [5.74, 6) is 0.132. The minimum absolute atomic E-state index is 0.311. The average molecular weight is 233 g/mol. The summed E-state index contributed by atoms with van der Waals surface area (Å²) in [7, 11) is 1.52. The highest BCUT2D eigenvalue weighted by Gasteiger charge is 2.03. The van der Waals surface area contributed by atoms with E-state index in [-0.39, 0.29) is 5.82 Å². The molecule has 0 amide bonds. The first-order valence-corrected chi connectivity index (χ1v) is 5.01. The Morgan fingerprint density at radius 2 is 2.18 bits per heavy atom. The molecule has 1 aromatic heterocycles. The fraction of sp³-hybridized carbons (Fsp3) is 0.0833. The van der Waals surface area contributed by atoms with Gasteiger partial charge < -0.3 is 15.8 Å². The van der Waals surface area contributed by atoms with Crippen LogP contribution in [0.5, 0.6) is 5.88 Å². The lowest BCUT2D eigenvalue weighted by Crippen LogP contribution is -1.99. The molecule has 1 aromatic carbocycles. The van der Waals surface area contributed by atoms with Gasteiger partial charge in [0.2, 0.25) is 5.88 Å². The van der Waals surface area contributed by atoms with Gasteiger partial charge in [0, 0.05) is 11.8 Å². The summed E-state index contributed by atoms with van der Waals surface area (Å²) >= 11 is 0. The molecule has 88 valence electrons. The van der Waals surface area contributed by atoms with Crippen molar-refractivity contribution in [2.75, 3.05) is 18.2 Å². The van der Waals surface area contributed by atoms with Crippen LogP contribution in [0.4, 0.5) is 21.5 Å². The molecule has 0 atom stereocenters. The number of rotatable bonds is 3. The van der Waals surface area contributed by atoms with Gasteiger partial charge in [-0.2, -0.15) is 0 Å². The van der Waals surface area contributed by atoms with E-state index in [2.05, 4.69) is 10.3 Å². The Balaban J connectivity index is 2.29. The third kappa shape index (κ3) is 2.63. The average Bonchev–Trinajstić information content (AvgIpc) is 2.32. The Kier molecular flexibility index (Phi) is 3.09. The maximum Gasteiger partial charge on any atom is 0.215 e. The maximum absolute atomic E-state index is 13.0. The number of anilines is 3. The van der Waals surface area contributed by atoms with Gasteiger partial charge in [0.15, 0.2) is 0 Å². The van der Waals surface area contributed by atoms with E-state index in [4.69, 9.17) is 10.5 Å². The van der Waals surface area contributed by atoms with Crippen molar-refractivity contribution in [2.45, 2.75) is 0 Å². The number of methoxy groups -OCH3 is 1.